The SMILES string of the molecule is COc1ccc(Cl)cc1CN(C)[C@H](C)C(=O)NC1CC1. The number of rotatable bonds is 6. The van der Waals surface area contributed by atoms with Crippen molar-refractivity contribution in [1.82, 2.24) is 10.2 Å². The maximum absolute atomic E-state index is 12.0. The van der Waals surface area contributed by atoms with Crippen molar-refractivity contribution in [3.63, 3.8) is 0 Å². The summed E-state index contributed by atoms with van der Waals surface area (Å²) in [6, 6.07) is 5.73. The summed E-state index contributed by atoms with van der Waals surface area (Å²) in [5.41, 5.74) is 0.980. The second kappa shape index (κ2) is 6.46. The molecule has 1 aromatic carbocycles. The van der Waals surface area contributed by atoms with Gasteiger partial charge < -0.3 is 10.1 Å². The van der Waals surface area contributed by atoms with Crippen LogP contribution in [-0.2, 0) is 11.3 Å². The third-order valence-electron chi connectivity index (χ3n) is 3.63. The lowest BCUT2D eigenvalue weighted by Gasteiger charge is -2.24. The van der Waals surface area contributed by atoms with Crippen LogP contribution in [0, 0.1) is 0 Å². The van der Waals surface area contributed by atoms with Crippen molar-refractivity contribution < 1.29 is 9.53 Å². The summed E-state index contributed by atoms with van der Waals surface area (Å²) in [6.07, 6.45) is 2.20. The summed E-state index contributed by atoms with van der Waals surface area (Å²) in [5, 5.41) is 3.69. The lowest BCUT2D eigenvalue weighted by atomic mass is 10.1. The van der Waals surface area contributed by atoms with Crippen LogP contribution in [0.1, 0.15) is 25.3 Å². The summed E-state index contributed by atoms with van der Waals surface area (Å²) in [7, 11) is 3.56. The molecule has 110 valence electrons. The van der Waals surface area contributed by atoms with Gasteiger partial charge in [0.2, 0.25) is 5.91 Å². The molecule has 5 heteroatoms. The molecule has 0 radical (unpaired) electrons. The molecule has 0 aliphatic heterocycles. The molecule has 1 aromatic rings. The van der Waals surface area contributed by atoms with E-state index in [-0.39, 0.29) is 11.9 Å². The molecular weight excluding hydrogens is 276 g/mol. The Morgan fingerprint density at radius 1 is 1.55 bits per heavy atom. The maximum atomic E-state index is 12.0. The number of carbonyl (C=O) groups excluding carboxylic acids is 1. The summed E-state index contributed by atoms with van der Waals surface area (Å²) in [6.45, 7) is 2.53. The Labute approximate surface area is 125 Å². The van der Waals surface area contributed by atoms with Crippen LogP contribution < -0.4 is 10.1 Å². The highest BCUT2D eigenvalue weighted by molar-refractivity contribution is 6.30. The Hall–Kier alpha value is -1.26. The van der Waals surface area contributed by atoms with Gasteiger partial charge in [0.05, 0.1) is 13.2 Å². The Balaban J connectivity index is 2.00. The first-order valence-electron chi connectivity index (χ1n) is 6.84. The molecule has 0 saturated heterocycles. The number of halogens is 1. The summed E-state index contributed by atoms with van der Waals surface area (Å²) in [5.74, 6) is 0.868. The summed E-state index contributed by atoms with van der Waals surface area (Å²) in [4.78, 5) is 14.0. The van der Waals surface area contributed by atoms with E-state index in [1.165, 1.54) is 0 Å². The maximum Gasteiger partial charge on any atom is 0.237 e. The Morgan fingerprint density at radius 2 is 2.25 bits per heavy atom. The lowest BCUT2D eigenvalue weighted by Crippen LogP contribution is -2.43. The third-order valence-corrected chi connectivity index (χ3v) is 3.86. The molecule has 1 saturated carbocycles. The lowest BCUT2D eigenvalue weighted by molar-refractivity contribution is -0.125. The fourth-order valence-corrected chi connectivity index (χ4v) is 2.22. The zero-order valence-corrected chi connectivity index (χ0v) is 12.9. The molecule has 2 rings (SSSR count). The predicted molar refractivity (Wildman–Crippen MR) is 80.1 cm³/mol. The molecule has 1 aliphatic rings. The average Bonchev–Trinajstić information content (AvgIpc) is 3.22. The van der Waals surface area contributed by atoms with Gasteiger partial charge in [-0.2, -0.15) is 0 Å². The molecule has 0 unspecified atom stereocenters. The summed E-state index contributed by atoms with van der Waals surface area (Å²) >= 11 is 6.02. The second-order valence-corrected chi connectivity index (χ2v) is 5.77. The molecule has 20 heavy (non-hydrogen) atoms. The van der Waals surface area contributed by atoms with Crippen molar-refractivity contribution in [2.45, 2.75) is 38.4 Å². The van der Waals surface area contributed by atoms with E-state index in [1.807, 2.05) is 31.0 Å². The fraction of sp³-hybridized carbons (Fsp3) is 0.533. The van der Waals surface area contributed by atoms with Gasteiger partial charge >= 0.3 is 0 Å². The van der Waals surface area contributed by atoms with E-state index in [1.54, 1.807) is 13.2 Å². The fourth-order valence-electron chi connectivity index (χ4n) is 2.03. The van der Waals surface area contributed by atoms with E-state index >= 15 is 0 Å². The first-order chi connectivity index (χ1) is 9.51. The number of likely N-dealkylation sites (N-methyl/N-ethyl adjacent to an activating group) is 1. The van der Waals surface area contributed by atoms with Gasteiger partial charge in [0.1, 0.15) is 5.75 Å². The standard InChI is InChI=1S/C15H21ClN2O2/c1-10(15(19)17-13-5-6-13)18(2)9-11-8-12(16)4-7-14(11)20-3/h4,7-8,10,13H,5-6,9H2,1-3H3,(H,17,19)/t10-/m1/s1. The zero-order valence-electron chi connectivity index (χ0n) is 12.1. The van der Waals surface area contributed by atoms with Crippen molar-refractivity contribution in [2.75, 3.05) is 14.2 Å². The van der Waals surface area contributed by atoms with Crippen molar-refractivity contribution in [1.29, 1.82) is 0 Å². The molecule has 1 N–H and O–H groups in total. The van der Waals surface area contributed by atoms with Crippen LogP contribution in [0.2, 0.25) is 5.02 Å². The van der Waals surface area contributed by atoms with Crippen LogP contribution in [0.4, 0.5) is 0 Å². The number of amides is 1. The van der Waals surface area contributed by atoms with Crippen LogP contribution >= 0.6 is 11.6 Å². The van der Waals surface area contributed by atoms with Gasteiger partial charge in [-0.3, -0.25) is 9.69 Å². The van der Waals surface area contributed by atoms with Crippen LogP contribution in [0.5, 0.6) is 5.75 Å². The number of hydrogen-bond donors (Lipinski definition) is 1. The van der Waals surface area contributed by atoms with E-state index in [2.05, 4.69) is 5.32 Å². The van der Waals surface area contributed by atoms with Crippen LogP contribution in [0.15, 0.2) is 18.2 Å². The predicted octanol–water partition coefficient (Wildman–Crippen LogP) is 2.45. The molecule has 1 aliphatic carbocycles. The van der Waals surface area contributed by atoms with E-state index < -0.39 is 0 Å². The van der Waals surface area contributed by atoms with E-state index in [4.69, 9.17) is 16.3 Å². The number of carbonyl (C=O) groups is 1. The molecule has 1 amide bonds. The van der Waals surface area contributed by atoms with Gasteiger partial charge in [-0.15, -0.1) is 0 Å². The van der Waals surface area contributed by atoms with Gasteiger partial charge in [0.15, 0.2) is 0 Å². The number of nitrogens with zero attached hydrogens (tertiary/aromatic N) is 1. The van der Waals surface area contributed by atoms with E-state index in [0.717, 1.165) is 24.2 Å². The van der Waals surface area contributed by atoms with Crippen molar-refractivity contribution >= 4 is 17.5 Å². The first kappa shape index (κ1) is 15.1. The van der Waals surface area contributed by atoms with Crippen molar-refractivity contribution in [3.05, 3.63) is 28.8 Å². The van der Waals surface area contributed by atoms with Gasteiger partial charge in [0, 0.05) is 23.2 Å². The molecule has 0 spiro atoms. The number of hydrogen-bond acceptors (Lipinski definition) is 3. The van der Waals surface area contributed by atoms with Gasteiger partial charge in [-0.05, 0) is 45.0 Å². The normalized spacial score (nSPS) is 16.1. The number of ether oxygens (including phenoxy) is 1. The highest BCUT2D eigenvalue weighted by atomic mass is 35.5. The number of methoxy groups -OCH3 is 1. The minimum atomic E-state index is -0.181. The average molecular weight is 297 g/mol. The first-order valence-corrected chi connectivity index (χ1v) is 7.22. The minimum Gasteiger partial charge on any atom is -0.496 e. The number of nitrogens with one attached hydrogen (secondary N) is 1. The van der Waals surface area contributed by atoms with Gasteiger partial charge in [-0.1, -0.05) is 11.6 Å². The Bertz CT molecular complexity index is 489. The van der Waals surface area contributed by atoms with Crippen LogP contribution in [0.25, 0.3) is 0 Å². The van der Waals surface area contributed by atoms with E-state index in [9.17, 15) is 4.79 Å². The summed E-state index contributed by atoms with van der Waals surface area (Å²) < 4.78 is 5.33. The largest absolute Gasteiger partial charge is 0.496 e. The second-order valence-electron chi connectivity index (χ2n) is 5.33. The zero-order chi connectivity index (χ0) is 14.7. The van der Waals surface area contributed by atoms with Crippen molar-refractivity contribution in [2.24, 2.45) is 0 Å². The van der Waals surface area contributed by atoms with Gasteiger partial charge in [0.25, 0.3) is 0 Å². The van der Waals surface area contributed by atoms with Crippen LogP contribution in [0.3, 0.4) is 0 Å². The monoisotopic (exact) mass is 296 g/mol. The molecule has 0 heterocycles. The molecule has 4 nitrogen and oxygen atoms in total. The third kappa shape index (κ3) is 3.87. The molecule has 1 atom stereocenters. The topological polar surface area (TPSA) is 41.6 Å². The van der Waals surface area contributed by atoms with Crippen molar-refractivity contribution in [3.8, 4) is 5.75 Å². The molecule has 0 bridgehead atoms. The van der Waals surface area contributed by atoms with E-state index in [0.29, 0.717) is 17.6 Å². The Morgan fingerprint density at radius 3 is 2.85 bits per heavy atom. The highest BCUT2D eigenvalue weighted by Gasteiger charge is 2.27. The van der Waals surface area contributed by atoms with Crippen LogP contribution in [-0.4, -0.2) is 37.0 Å². The molecule has 0 aromatic heterocycles. The minimum absolute atomic E-state index is 0.0796. The number of benzene rings is 1. The smallest absolute Gasteiger partial charge is 0.237 e. The Kier molecular flexibility index (Phi) is 4.89. The quantitative estimate of drug-likeness (QED) is 0.877. The highest BCUT2D eigenvalue weighted by Crippen LogP contribution is 2.24. The molecular formula is C15H21ClN2O2. The van der Waals surface area contributed by atoms with Gasteiger partial charge in [-0.25, -0.2) is 0 Å². The molecule has 1 fully saturated rings.